The fraction of sp³-hybridized carbons (Fsp3) is 0.200. The summed E-state index contributed by atoms with van der Waals surface area (Å²) in [6.07, 6.45) is 0. The number of hydrogen-bond acceptors (Lipinski definition) is 7. The van der Waals surface area contributed by atoms with Crippen LogP contribution >= 0.6 is 11.8 Å². The van der Waals surface area contributed by atoms with Crippen LogP contribution < -0.4 is 5.32 Å². The molecule has 0 radical (unpaired) electrons. The third-order valence-electron chi connectivity index (χ3n) is 4.12. The molecule has 0 aliphatic rings. The number of rotatable bonds is 7. The average molecular weight is 412 g/mol. The molecule has 0 unspecified atom stereocenters. The van der Waals surface area contributed by atoms with E-state index < -0.39 is 5.97 Å². The van der Waals surface area contributed by atoms with Crippen molar-refractivity contribution in [3.05, 3.63) is 54.1 Å². The molecule has 0 saturated carbocycles. The number of carbonyl (C=O) groups is 2. The number of ether oxygens (including phenoxy) is 1. The van der Waals surface area contributed by atoms with Crippen molar-refractivity contribution in [3.63, 3.8) is 0 Å². The van der Waals surface area contributed by atoms with Gasteiger partial charge in [0.15, 0.2) is 11.0 Å². The standard InChI is InChI=1S/C20H20N4O4S/c1-3-24-18(14-9-5-7-11-16(14)25)22-23-20(24)29-12-17(26)21-15-10-6-4-8-13(15)19(27)28-2/h4-11,25H,3,12H2,1-2H3,(H,21,26). The first-order valence-corrected chi connectivity index (χ1v) is 9.85. The first-order chi connectivity index (χ1) is 14.0. The summed E-state index contributed by atoms with van der Waals surface area (Å²) in [5.41, 5.74) is 1.24. The Labute approximate surface area is 171 Å². The molecule has 29 heavy (non-hydrogen) atoms. The molecule has 8 nitrogen and oxygen atoms in total. The average Bonchev–Trinajstić information content (AvgIpc) is 3.15. The minimum Gasteiger partial charge on any atom is -0.507 e. The summed E-state index contributed by atoms with van der Waals surface area (Å²) in [5, 5.41) is 21.7. The minimum absolute atomic E-state index is 0.0778. The lowest BCUT2D eigenvalue weighted by atomic mass is 10.2. The lowest BCUT2D eigenvalue weighted by molar-refractivity contribution is -0.113. The number of aromatic hydroxyl groups is 1. The third-order valence-corrected chi connectivity index (χ3v) is 5.08. The number of methoxy groups -OCH3 is 1. The monoisotopic (exact) mass is 412 g/mol. The molecule has 1 amide bonds. The molecule has 0 fully saturated rings. The number of phenolic OH excluding ortho intramolecular Hbond substituents is 1. The fourth-order valence-electron chi connectivity index (χ4n) is 2.74. The normalized spacial score (nSPS) is 10.6. The van der Waals surface area contributed by atoms with E-state index in [0.29, 0.717) is 28.8 Å². The molecule has 3 rings (SSSR count). The number of aromatic nitrogens is 3. The fourth-order valence-corrected chi connectivity index (χ4v) is 3.54. The maximum Gasteiger partial charge on any atom is 0.339 e. The van der Waals surface area contributed by atoms with Crippen molar-refractivity contribution in [1.29, 1.82) is 0 Å². The topological polar surface area (TPSA) is 106 Å². The second-order valence-electron chi connectivity index (χ2n) is 5.94. The van der Waals surface area contributed by atoms with Gasteiger partial charge < -0.3 is 19.7 Å². The number of nitrogens with one attached hydrogen (secondary N) is 1. The molecular weight excluding hydrogens is 392 g/mol. The number of phenols is 1. The van der Waals surface area contributed by atoms with Crippen LogP contribution in [-0.2, 0) is 16.1 Å². The van der Waals surface area contributed by atoms with Crippen LogP contribution in [0.3, 0.4) is 0 Å². The van der Waals surface area contributed by atoms with Crippen molar-refractivity contribution in [2.75, 3.05) is 18.2 Å². The van der Waals surface area contributed by atoms with Crippen molar-refractivity contribution in [3.8, 4) is 17.1 Å². The van der Waals surface area contributed by atoms with Crippen LogP contribution in [0.15, 0.2) is 53.7 Å². The lowest BCUT2D eigenvalue weighted by Gasteiger charge is -2.10. The minimum atomic E-state index is -0.522. The first kappa shape index (κ1) is 20.4. The molecule has 9 heteroatoms. The molecule has 0 spiro atoms. The number of carbonyl (C=O) groups excluding carboxylic acids is 2. The summed E-state index contributed by atoms with van der Waals surface area (Å²) in [6, 6.07) is 13.5. The Morgan fingerprint density at radius 3 is 2.59 bits per heavy atom. The van der Waals surface area contributed by atoms with E-state index >= 15 is 0 Å². The molecule has 0 atom stereocenters. The predicted octanol–water partition coefficient (Wildman–Crippen LogP) is 3.19. The number of thioether (sulfide) groups is 1. The molecule has 0 bridgehead atoms. The Morgan fingerprint density at radius 2 is 1.86 bits per heavy atom. The van der Waals surface area contributed by atoms with Crippen molar-refractivity contribution < 1.29 is 19.4 Å². The predicted molar refractivity (Wildman–Crippen MR) is 110 cm³/mol. The number of hydrogen-bond donors (Lipinski definition) is 2. The van der Waals surface area contributed by atoms with Gasteiger partial charge in [0.2, 0.25) is 5.91 Å². The van der Waals surface area contributed by atoms with Crippen LogP contribution in [0.4, 0.5) is 5.69 Å². The summed E-state index contributed by atoms with van der Waals surface area (Å²) in [7, 11) is 1.29. The highest BCUT2D eigenvalue weighted by molar-refractivity contribution is 7.99. The van der Waals surface area contributed by atoms with Crippen molar-refractivity contribution >= 4 is 29.3 Å². The Morgan fingerprint density at radius 1 is 1.14 bits per heavy atom. The second-order valence-corrected chi connectivity index (χ2v) is 6.88. The lowest BCUT2D eigenvalue weighted by Crippen LogP contribution is -2.17. The van der Waals surface area contributed by atoms with Gasteiger partial charge >= 0.3 is 5.97 Å². The molecule has 1 heterocycles. The summed E-state index contributed by atoms with van der Waals surface area (Å²) < 4.78 is 6.56. The molecular formula is C20H20N4O4S. The van der Waals surface area contributed by atoms with Crippen molar-refractivity contribution in [1.82, 2.24) is 14.8 Å². The van der Waals surface area contributed by atoms with Gasteiger partial charge in [-0.05, 0) is 31.2 Å². The highest BCUT2D eigenvalue weighted by atomic mass is 32.2. The quantitative estimate of drug-likeness (QED) is 0.453. The van der Waals surface area contributed by atoms with Crippen LogP contribution in [0.5, 0.6) is 5.75 Å². The van der Waals surface area contributed by atoms with E-state index in [1.807, 2.05) is 17.6 Å². The Balaban J connectivity index is 1.72. The Hall–Kier alpha value is -3.33. The maximum atomic E-state index is 12.4. The van der Waals surface area contributed by atoms with Gasteiger partial charge in [-0.25, -0.2) is 4.79 Å². The van der Waals surface area contributed by atoms with Crippen molar-refractivity contribution in [2.24, 2.45) is 0 Å². The number of nitrogens with zero attached hydrogens (tertiary/aromatic N) is 3. The van der Waals surface area contributed by atoms with Crippen LogP contribution in [0.2, 0.25) is 0 Å². The summed E-state index contributed by atoms with van der Waals surface area (Å²) >= 11 is 1.22. The highest BCUT2D eigenvalue weighted by Gasteiger charge is 2.18. The van der Waals surface area contributed by atoms with E-state index in [1.54, 1.807) is 42.5 Å². The smallest absolute Gasteiger partial charge is 0.339 e. The van der Waals surface area contributed by atoms with Crippen LogP contribution in [0.1, 0.15) is 17.3 Å². The first-order valence-electron chi connectivity index (χ1n) is 8.86. The van der Waals surface area contributed by atoms with Crippen LogP contribution in [0, 0.1) is 0 Å². The van der Waals surface area contributed by atoms with Crippen LogP contribution in [0.25, 0.3) is 11.4 Å². The highest BCUT2D eigenvalue weighted by Crippen LogP contribution is 2.30. The molecule has 150 valence electrons. The van der Waals surface area contributed by atoms with E-state index in [2.05, 4.69) is 15.5 Å². The molecule has 2 aromatic carbocycles. The van der Waals surface area contributed by atoms with Gasteiger partial charge in [0.05, 0.1) is 29.7 Å². The molecule has 0 aliphatic carbocycles. The SMILES string of the molecule is CCn1c(SCC(=O)Nc2ccccc2C(=O)OC)nnc1-c1ccccc1O. The largest absolute Gasteiger partial charge is 0.507 e. The molecule has 2 N–H and O–H groups in total. The zero-order valence-electron chi connectivity index (χ0n) is 16.0. The van der Waals surface area contributed by atoms with Crippen LogP contribution in [-0.4, -0.2) is 44.6 Å². The van der Waals surface area contributed by atoms with Gasteiger partial charge in [0.1, 0.15) is 5.75 Å². The van der Waals surface area contributed by atoms with E-state index in [4.69, 9.17) is 4.74 Å². The van der Waals surface area contributed by atoms with E-state index in [9.17, 15) is 14.7 Å². The van der Waals surface area contributed by atoms with Gasteiger partial charge in [0.25, 0.3) is 0 Å². The molecule has 0 aliphatic heterocycles. The number of anilines is 1. The third kappa shape index (κ3) is 4.57. The summed E-state index contributed by atoms with van der Waals surface area (Å²) in [5.74, 6) is -0.0884. The van der Waals surface area contributed by atoms with Gasteiger partial charge in [-0.3, -0.25) is 4.79 Å². The van der Waals surface area contributed by atoms with E-state index in [-0.39, 0.29) is 23.0 Å². The van der Waals surface area contributed by atoms with E-state index in [1.165, 1.54) is 18.9 Å². The van der Waals surface area contributed by atoms with Gasteiger partial charge in [0, 0.05) is 6.54 Å². The maximum absolute atomic E-state index is 12.4. The van der Waals surface area contributed by atoms with Gasteiger partial charge in [-0.1, -0.05) is 36.0 Å². The summed E-state index contributed by atoms with van der Waals surface area (Å²) in [4.78, 5) is 24.2. The zero-order valence-corrected chi connectivity index (χ0v) is 16.8. The number of para-hydroxylation sites is 2. The molecule has 1 aromatic heterocycles. The number of amides is 1. The number of esters is 1. The second kappa shape index (κ2) is 9.24. The van der Waals surface area contributed by atoms with E-state index in [0.717, 1.165) is 0 Å². The van der Waals surface area contributed by atoms with Crippen molar-refractivity contribution in [2.45, 2.75) is 18.6 Å². The zero-order chi connectivity index (χ0) is 20.8. The number of benzene rings is 2. The Bertz CT molecular complexity index is 1030. The molecule has 0 saturated heterocycles. The molecule has 3 aromatic rings. The van der Waals surface area contributed by atoms with Gasteiger partial charge in [-0.2, -0.15) is 0 Å². The summed E-state index contributed by atoms with van der Waals surface area (Å²) in [6.45, 7) is 2.51. The Kier molecular flexibility index (Phi) is 6.50. The van der Waals surface area contributed by atoms with Gasteiger partial charge in [-0.15, -0.1) is 10.2 Å².